The number of hydrogen-bond donors (Lipinski definition) is 0. The number of carbonyl (C=O) groups is 1. The predicted octanol–water partition coefficient (Wildman–Crippen LogP) is 3.38. The molecule has 2 heterocycles. The minimum absolute atomic E-state index is 0.0642. The fourth-order valence-electron chi connectivity index (χ4n) is 2.88. The van der Waals surface area contributed by atoms with E-state index in [0.29, 0.717) is 16.9 Å². The molecule has 0 amide bonds. The lowest BCUT2D eigenvalue weighted by Gasteiger charge is -2.04. The van der Waals surface area contributed by atoms with Gasteiger partial charge in [-0.25, -0.2) is 9.67 Å². The zero-order chi connectivity index (χ0) is 16.8. The van der Waals surface area contributed by atoms with Gasteiger partial charge in [-0.2, -0.15) is 4.39 Å². The number of pyridine rings is 1. The van der Waals surface area contributed by atoms with Gasteiger partial charge in [0.15, 0.2) is 5.78 Å². The van der Waals surface area contributed by atoms with Crippen molar-refractivity contribution in [3.63, 3.8) is 0 Å². The smallest absolute Gasteiger partial charge is 0.212 e. The van der Waals surface area contributed by atoms with E-state index in [9.17, 15) is 9.18 Å². The Hall–Kier alpha value is -3.15. The van der Waals surface area contributed by atoms with Crippen LogP contribution in [0.15, 0.2) is 42.1 Å². The van der Waals surface area contributed by atoms with E-state index in [-0.39, 0.29) is 5.78 Å². The van der Waals surface area contributed by atoms with E-state index in [1.807, 2.05) is 38.1 Å². The van der Waals surface area contributed by atoms with Crippen molar-refractivity contribution < 1.29 is 9.18 Å². The van der Waals surface area contributed by atoms with Gasteiger partial charge >= 0.3 is 0 Å². The van der Waals surface area contributed by atoms with Gasteiger partial charge in [0.25, 0.3) is 0 Å². The minimum atomic E-state index is -0.540. The summed E-state index contributed by atoms with van der Waals surface area (Å²) in [6.07, 6.45) is 3.29. The van der Waals surface area contributed by atoms with Crippen molar-refractivity contribution in [2.24, 2.45) is 0 Å². The zero-order valence-electron chi connectivity index (χ0n) is 13.1. The van der Waals surface area contributed by atoms with Crippen molar-refractivity contribution in [2.75, 3.05) is 0 Å². The molecule has 0 radical (unpaired) electrons. The number of Topliss-reactive ketones (excluding diaryl/α,β-unsaturated/α-hetero) is 1. The van der Waals surface area contributed by atoms with Gasteiger partial charge in [-0.1, -0.05) is 11.3 Å². The van der Waals surface area contributed by atoms with Crippen LogP contribution in [0.2, 0.25) is 0 Å². The number of ketones is 1. The van der Waals surface area contributed by atoms with Crippen LogP contribution in [0, 0.1) is 12.9 Å². The third-order valence-electron chi connectivity index (χ3n) is 4.15. The molecule has 0 saturated carbocycles. The van der Waals surface area contributed by atoms with Gasteiger partial charge < -0.3 is 0 Å². The van der Waals surface area contributed by atoms with Crippen LogP contribution >= 0.6 is 0 Å². The summed E-state index contributed by atoms with van der Waals surface area (Å²) in [6, 6.07) is 8.51. The maximum atomic E-state index is 13.0. The van der Waals surface area contributed by atoms with Crippen LogP contribution in [0.25, 0.3) is 23.0 Å². The molecule has 24 heavy (non-hydrogen) atoms. The molecule has 0 bridgehead atoms. The van der Waals surface area contributed by atoms with Crippen LogP contribution in [-0.2, 0) is 0 Å². The Bertz CT molecular complexity index is 1000. The summed E-state index contributed by atoms with van der Waals surface area (Å²) < 4.78 is 14.6. The molecule has 118 valence electrons. The van der Waals surface area contributed by atoms with Crippen LogP contribution in [0.5, 0.6) is 0 Å². The highest BCUT2D eigenvalue weighted by Gasteiger charge is 2.21. The Morgan fingerprint density at radius 1 is 1.12 bits per heavy atom. The number of nitrogens with zero attached hydrogens (tertiary/aromatic N) is 4. The average molecular weight is 320 g/mol. The molecule has 2 aromatic heterocycles. The van der Waals surface area contributed by atoms with E-state index in [1.165, 1.54) is 12.3 Å². The summed E-state index contributed by atoms with van der Waals surface area (Å²) in [5, 5.41) is 8.37. The van der Waals surface area contributed by atoms with Crippen LogP contribution < -0.4 is 0 Å². The minimum Gasteiger partial charge on any atom is -0.289 e. The summed E-state index contributed by atoms with van der Waals surface area (Å²) in [6.45, 7) is 3.70. The van der Waals surface area contributed by atoms with Crippen molar-refractivity contribution in [3.8, 4) is 16.9 Å². The third-order valence-corrected chi connectivity index (χ3v) is 4.15. The van der Waals surface area contributed by atoms with E-state index < -0.39 is 5.95 Å². The van der Waals surface area contributed by atoms with Crippen molar-refractivity contribution in [1.29, 1.82) is 0 Å². The monoisotopic (exact) mass is 320 g/mol. The molecule has 0 spiro atoms. The Labute approximate surface area is 137 Å². The number of carbonyl (C=O) groups excluding carboxylic acids is 1. The summed E-state index contributed by atoms with van der Waals surface area (Å²) in [4.78, 5) is 15.6. The first-order valence-electron chi connectivity index (χ1n) is 7.46. The highest BCUT2D eigenvalue weighted by atomic mass is 19.1. The van der Waals surface area contributed by atoms with Gasteiger partial charge in [-0.15, -0.1) is 5.10 Å². The molecule has 0 unspecified atom stereocenters. The fraction of sp³-hybridized carbons (Fsp3) is 0.111. The Morgan fingerprint density at radius 2 is 1.96 bits per heavy atom. The maximum absolute atomic E-state index is 13.0. The average Bonchev–Trinajstić information content (AvgIpc) is 3.09. The molecule has 0 N–H and O–H groups in total. The first-order chi connectivity index (χ1) is 11.5. The summed E-state index contributed by atoms with van der Waals surface area (Å²) >= 11 is 0. The molecule has 0 saturated heterocycles. The Kier molecular flexibility index (Phi) is 3.13. The van der Waals surface area contributed by atoms with E-state index in [1.54, 1.807) is 10.7 Å². The number of benzene rings is 1. The van der Waals surface area contributed by atoms with Crippen LogP contribution in [0.1, 0.15) is 28.5 Å². The predicted molar refractivity (Wildman–Crippen MR) is 87.3 cm³/mol. The highest BCUT2D eigenvalue weighted by molar-refractivity contribution is 6.17. The standard InChI is InChI=1S/C18H13FN4O/c1-10-7-13-8-12(3-5-15(13)18(10)24)17-11(2)23(22-21-17)14-4-6-16(19)20-9-14/h3-9H,1-2H3. The third kappa shape index (κ3) is 2.15. The number of hydrogen-bond acceptors (Lipinski definition) is 4. The van der Waals surface area contributed by atoms with Crippen molar-refractivity contribution >= 4 is 11.9 Å². The molecule has 4 rings (SSSR count). The zero-order valence-corrected chi connectivity index (χ0v) is 13.1. The van der Waals surface area contributed by atoms with Crippen molar-refractivity contribution in [3.05, 3.63) is 64.9 Å². The van der Waals surface area contributed by atoms with Crippen molar-refractivity contribution in [2.45, 2.75) is 13.8 Å². The Balaban J connectivity index is 1.78. The summed E-state index contributed by atoms with van der Waals surface area (Å²) in [5.74, 6) is -0.475. The lowest BCUT2D eigenvalue weighted by Crippen LogP contribution is -2.00. The van der Waals surface area contributed by atoms with Gasteiger partial charge in [0.2, 0.25) is 5.95 Å². The van der Waals surface area contributed by atoms with Gasteiger partial charge in [-0.3, -0.25) is 4.79 Å². The molecule has 0 atom stereocenters. The second kappa shape index (κ2) is 5.19. The quantitative estimate of drug-likeness (QED) is 0.679. The fourth-order valence-corrected chi connectivity index (χ4v) is 2.88. The number of halogens is 1. The SMILES string of the molecule is CC1=Cc2cc(-c3nnn(-c4ccc(F)nc4)c3C)ccc2C1=O. The number of fused-ring (bicyclic) bond motifs is 1. The molecule has 3 aromatic rings. The van der Waals surface area contributed by atoms with E-state index in [0.717, 1.165) is 22.4 Å². The van der Waals surface area contributed by atoms with E-state index in [4.69, 9.17) is 0 Å². The first-order valence-corrected chi connectivity index (χ1v) is 7.46. The number of rotatable bonds is 2. The summed E-state index contributed by atoms with van der Waals surface area (Å²) in [7, 11) is 0. The van der Waals surface area contributed by atoms with Gasteiger partial charge in [0, 0.05) is 11.1 Å². The second-order valence-corrected chi connectivity index (χ2v) is 5.73. The Morgan fingerprint density at radius 3 is 2.71 bits per heavy atom. The van der Waals surface area contributed by atoms with Crippen LogP contribution in [-0.4, -0.2) is 25.8 Å². The highest BCUT2D eigenvalue weighted by Crippen LogP contribution is 2.30. The lowest BCUT2D eigenvalue weighted by molar-refractivity contribution is 0.103. The molecular weight excluding hydrogens is 307 g/mol. The molecular formula is C18H13FN4O. The normalized spacial score (nSPS) is 13.1. The molecule has 5 nitrogen and oxygen atoms in total. The molecule has 1 aromatic carbocycles. The molecule has 0 aliphatic heterocycles. The summed E-state index contributed by atoms with van der Waals surface area (Å²) in [5.41, 5.74) is 5.39. The molecule has 1 aliphatic rings. The second-order valence-electron chi connectivity index (χ2n) is 5.73. The lowest BCUT2D eigenvalue weighted by atomic mass is 10.0. The maximum Gasteiger partial charge on any atom is 0.212 e. The van der Waals surface area contributed by atoms with Crippen LogP contribution in [0.3, 0.4) is 0 Å². The van der Waals surface area contributed by atoms with E-state index in [2.05, 4.69) is 15.3 Å². The van der Waals surface area contributed by atoms with Gasteiger partial charge in [0.1, 0.15) is 5.69 Å². The van der Waals surface area contributed by atoms with Gasteiger partial charge in [0.05, 0.1) is 17.6 Å². The topological polar surface area (TPSA) is 60.7 Å². The first kappa shape index (κ1) is 14.4. The molecule has 1 aliphatic carbocycles. The van der Waals surface area contributed by atoms with Crippen LogP contribution in [0.4, 0.5) is 4.39 Å². The largest absolute Gasteiger partial charge is 0.289 e. The van der Waals surface area contributed by atoms with Crippen molar-refractivity contribution in [1.82, 2.24) is 20.0 Å². The number of aromatic nitrogens is 4. The molecule has 6 heteroatoms. The molecule has 0 fully saturated rings. The number of allylic oxidation sites excluding steroid dienone is 1. The van der Waals surface area contributed by atoms with Gasteiger partial charge in [-0.05, 0) is 55.3 Å². The van der Waals surface area contributed by atoms with E-state index >= 15 is 0 Å².